The van der Waals surface area contributed by atoms with Crippen LogP contribution in [0.3, 0.4) is 0 Å². The summed E-state index contributed by atoms with van der Waals surface area (Å²) in [6, 6.07) is 0. The van der Waals surface area contributed by atoms with Crippen LogP contribution >= 0.6 is 0 Å². The third-order valence-electron chi connectivity index (χ3n) is 6.72. The first kappa shape index (κ1) is 14.8. The van der Waals surface area contributed by atoms with Gasteiger partial charge in [-0.3, -0.25) is 0 Å². The molecule has 20 heavy (non-hydrogen) atoms. The van der Waals surface area contributed by atoms with Crippen molar-refractivity contribution in [3.8, 4) is 0 Å². The molecule has 1 aliphatic carbocycles. The first-order valence-corrected chi connectivity index (χ1v) is 8.49. The number of hydrogen-bond acceptors (Lipinski definition) is 3. The monoisotopic (exact) mass is 280 g/mol. The molecule has 0 aromatic rings. The van der Waals surface area contributed by atoms with E-state index in [2.05, 4.69) is 32.6 Å². The topological polar surface area (TPSA) is 38.5 Å². The van der Waals surface area contributed by atoms with Crippen LogP contribution in [0.5, 0.6) is 0 Å². The Hall–Kier alpha value is -0.120. The lowest BCUT2D eigenvalue weighted by atomic mass is 9.48. The van der Waals surface area contributed by atoms with Gasteiger partial charge in [-0.1, -0.05) is 27.7 Å². The standard InChI is InChI=1S/C17H32N2O/c1-12(2)13-5-8-19(9-6-13)11-17(18)14-7-10-20-15(14)16(17,3)4/h12-15H,5-11,18H2,1-4H3. The van der Waals surface area contributed by atoms with Crippen LogP contribution in [0.25, 0.3) is 0 Å². The summed E-state index contributed by atoms with van der Waals surface area (Å²) in [6.07, 6.45) is 4.26. The third kappa shape index (κ3) is 2.05. The minimum absolute atomic E-state index is 0.0428. The summed E-state index contributed by atoms with van der Waals surface area (Å²) in [5, 5.41) is 0. The molecule has 0 amide bonds. The number of piperidine rings is 1. The van der Waals surface area contributed by atoms with E-state index in [0.29, 0.717) is 12.0 Å². The van der Waals surface area contributed by atoms with E-state index in [1.807, 2.05) is 0 Å². The molecule has 2 aliphatic heterocycles. The summed E-state index contributed by atoms with van der Waals surface area (Å²) >= 11 is 0. The van der Waals surface area contributed by atoms with Crippen molar-refractivity contribution in [2.24, 2.45) is 28.9 Å². The van der Waals surface area contributed by atoms with Gasteiger partial charge in [-0.05, 0) is 44.2 Å². The van der Waals surface area contributed by atoms with Crippen molar-refractivity contribution in [2.45, 2.75) is 58.6 Å². The van der Waals surface area contributed by atoms with Gasteiger partial charge < -0.3 is 15.4 Å². The number of rotatable bonds is 3. The number of fused-ring (bicyclic) bond motifs is 1. The molecule has 0 aromatic heterocycles. The van der Waals surface area contributed by atoms with Gasteiger partial charge in [0, 0.05) is 30.0 Å². The van der Waals surface area contributed by atoms with E-state index < -0.39 is 0 Å². The van der Waals surface area contributed by atoms with Gasteiger partial charge in [0.2, 0.25) is 0 Å². The summed E-state index contributed by atoms with van der Waals surface area (Å²) < 4.78 is 5.90. The van der Waals surface area contributed by atoms with Gasteiger partial charge in [0.15, 0.2) is 0 Å². The van der Waals surface area contributed by atoms with E-state index in [1.54, 1.807) is 0 Å². The fraction of sp³-hybridized carbons (Fsp3) is 1.00. The fourth-order valence-corrected chi connectivity index (χ4v) is 4.94. The summed E-state index contributed by atoms with van der Waals surface area (Å²) in [5.41, 5.74) is 6.95. The van der Waals surface area contributed by atoms with Crippen molar-refractivity contribution >= 4 is 0 Å². The quantitative estimate of drug-likeness (QED) is 0.863. The second-order valence-corrected chi connectivity index (χ2v) is 8.31. The third-order valence-corrected chi connectivity index (χ3v) is 6.72. The molecule has 0 spiro atoms. The Bertz CT molecular complexity index is 360. The minimum atomic E-state index is -0.0428. The average molecular weight is 280 g/mol. The second kappa shape index (κ2) is 4.96. The molecule has 3 aliphatic rings. The Morgan fingerprint density at radius 1 is 1.20 bits per heavy atom. The molecule has 3 nitrogen and oxygen atoms in total. The van der Waals surface area contributed by atoms with Crippen LogP contribution in [-0.4, -0.2) is 42.8 Å². The van der Waals surface area contributed by atoms with Crippen LogP contribution in [0, 0.1) is 23.2 Å². The van der Waals surface area contributed by atoms with Crippen molar-refractivity contribution in [1.82, 2.24) is 4.90 Å². The second-order valence-electron chi connectivity index (χ2n) is 8.31. The highest BCUT2D eigenvalue weighted by Crippen LogP contribution is 2.58. The molecule has 3 rings (SSSR count). The SMILES string of the molecule is CC(C)C1CCN(CC2(N)C3CCOC3C2(C)C)CC1. The summed E-state index contributed by atoms with van der Waals surface area (Å²) in [4.78, 5) is 2.62. The van der Waals surface area contributed by atoms with Crippen LogP contribution in [0.2, 0.25) is 0 Å². The van der Waals surface area contributed by atoms with Gasteiger partial charge in [0.25, 0.3) is 0 Å². The molecule has 116 valence electrons. The van der Waals surface area contributed by atoms with E-state index in [1.165, 1.54) is 25.9 Å². The largest absolute Gasteiger partial charge is 0.377 e. The Morgan fingerprint density at radius 2 is 1.85 bits per heavy atom. The summed E-state index contributed by atoms with van der Waals surface area (Å²) in [7, 11) is 0. The molecular formula is C17H32N2O. The molecule has 2 N–H and O–H groups in total. The Morgan fingerprint density at radius 3 is 2.45 bits per heavy atom. The zero-order valence-corrected chi connectivity index (χ0v) is 13.7. The number of nitrogens with two attached hydrogens (primary N) is 1. The van der Waals surface area contributed by atoms with Gasteiger partial charge in [-0.25, -0.2) is 0 Å². The first-order valence-electron chi connectivity index (χ1n) is 8.49. The molecule has 0 aromatic carbocycles. The van der Waals surface area contributed by atoms with E-state index in [9.17, 15) is 0 Å². The predicted molar refractivity (Wildman–Crippen MR) is 82.5 cm³/mol. The molecule has 0 bridgehead atoms. The summed E-state index contributed by atoms with van der Waals surface area (Å²) in [6.45, 7) is 13.8. The van der Waals surface area contributed by atoms with E-state index in [-0.39, 0.29) is 11.0 Å². The number of ether oxygens (including phenoxy) is 1. The molecule has 1 saturated carbocycles. The lowest BCUT2D eigenvalue weighted by Gasteiger charge is -2.63. The highest BCUT2D eigenvalue weighted by molar-refractivity contribution is 5.21. The van der Waals surface area contributed by atoms with Crippen LogP contribution < -0.4 is 5.73 Å². The van der Waals surface area contributed by atoms with Gasteiger partial charge >= 0.3 is 0 Å². The molecule has 3 fully saturated rings. The highest BCUT2D eigenvalue weighted by atomic mass is 16.5. The lowest BCUT2D eigenvalue weighted by Crippen LogP contribution is -2.78. The zero-order chi connectivity index (χ0) is 14.5. The van der Waals surface area contributed by atoms with E-state index in [4.69, 9.17) is 10.5 Å². The van der Waals surface area contributed by atoms with Crippen molar-refractivity contribution in [3.05, 3.63) is 0 Å². The molecular weight excluding hydrogens is 248 g/mol. The molecule has 3 unspecified atom stereocenters. The van der Waals surface area contributed by atoms with Crippen molar-refractivity contribution in [2.75, 3.05) is 26.2 Å². The molecule has 3 atom stereocenters. The maximum atomic E-state index is 6.87. The van der Waals surface area contributed by atoms with Crippen LogP contribution in [0.1, 0.15) is 47.0 Å². The lowest BCUT2D eigenvalue weighted by molar-refractivity contribution is -0.164. The predicted octanol–water partition coefficient (Wildman–Crippen LogP) is 2.50. The first-order chi connectivity index (χ1) is 9.36. The van der Waals surface area contributed by atoms with E-state index >= 15 is 0 Å². The Balaban J connectivity index is 1.61. The fourth-order valence-electron chi connectivity index (χ4n) is 4.94. The molecule has 3 heteroatoms. The molecule has 2 saturated heterocycles. The Labute approximate surface area is 124 Å². The van der Waals surface area contributed by atoms with Crippen LogP contribution in [-0.2, 0) is 4.74 Å². The summed E-state index contributed by atoms with van der Waals surface area (Å²) in [5.74, 6) is 2.33. The normalized spacial score (nSPS) is 41.7. The number of likely N-dealkylation sites (tertiary alicyclic amines) is 1. The molecule has 0 radical (unpaired) electrons. The van der Waals surface area contributed by atoms with Gasteiger partial charge in [0.05, 0.1) is 6.10 Å². The van der Waals surface area contributed by atoms with E-state index in [0.717, 1.165) is 31.4 Å². The average Bonchev–Trinajstić information content (AvgIpc) is 2.87. The highest BCUT2D eigenvalue weighted by Gasteiger charge is 2.67. The number of nitrogens with zero attached hydrogens (tertiary/aromatic N) is 1. The van der Waals surface area contributed by atoms with Crippen molar-refractivity contribution in [1.29, 1.82) is 0 Å². The van der Waals surface area contributed by atoms with Gasteiger partial charge in [-0.15, -0.1) is 0 Å². The van der Waals surface area contributed by atoms with Crippen LogP contribution in [0.4, 0.5) is 0 Å². The smallest absolute Gasteiger partial charge is 0.0691 e. The van der Waals surface area contributed by atoms with Crippen molar-refractivity contribution < 1.29 is 4.74 Å². The number of hydrogen-bond donors (Lipinski definition) is 1. The van der Waals surface area contributed by atoms with Gasteiger partial charge in [-0.2, -0.15) is 0 Å². The van der Waals surface area contributed by atoms with Crippen molar-refractivity contribution in [3.63, 3.8) is 0 Å². The van der Waals surface area contributed by atoms with Gasteiger partial charge in [0.1, 0.15) is 0 Å². The Kier molecular flexibility index (Phi) is 3.67. The minimum Gasteiger partial charge on any atom is -0.377 e. The maximum Gasteiger partial charge on any atom is 0.0691 e. The van der Waals surface area contributed by atoms with Crippen LogP contribution in [0.15, 0.2) is 0 Å². The maximum absolute atomic E-state index is 6.87. The molecule has 2 heterocycles. The zero-order valence-electron chi connectivity index (χ0n) is 13.7.